The third-order valence-corrected chi connectivity index (χ3v) is 4.88. The first kappa shape index (κ1) is 17.4. The quantitative estimate of drug-likeness (QED) is 0.835. The first-order chi connectivity index (χ1) is 13.1. The van der Waals surface area contributed by atoms with Crippen molar-refractivity contribution in [1.82, 2.24) is 0 Å². The third-order valence-electron chi connectivity index (χ3n) is 4.88. The summed E-state index contributed by atoms with van der Waals surface area (Å²) in [7, 11) is 0. The van der Waals surface area contributed by atoms with Crippen molar-refractivity contribution in [3.8, 4) is 11.5 Å². The van der Waals surface area contributed by atoms with Crippen molar-refractivity contribution in [2.75, 3.05) is 25.1 Å². The average molecular weight is 367 g/mol. The fourth-order valence-electron chi connectivity index (χ4n) is 2.96. The van der Waals surface area contributed by atoms with Gasteiger partial charge in [0, 0.05) is 16.7 Å². The number of fused-ring (bicyclic) bond motifs is 1. The lowest BCUT2D eigenvalue weighted by Gasteiger charge is -2.10. The second kappa shape index (κ2) is 6.95. The first-order valence-electron chi connectivity index (χ1n) is 9.07. The van der Waals surface area contributed by atoms with E-state index in [2.05, 4.69) is 5.32 Å². The predicted octanol–water partition coefficient (Wildman–Crippen LogP) is 3.67. The van der Waals surface area contributed by atoms with Gasteiger partial charge in [0.15, 0.2) is 11.5 Å². The molecule has 2 aromatic carbocycles. The standard InChI is InChI=1S/C21H21NO5/c1-2-25-20(24)14-3-6-16(7-4-14)22-19(23)15-5-8-17-18(11-15)27-13-21(9-10-21)12-26-17/h3-8,11H,2,9-10,12-13H2,1H3,(H,22,23). The molecule has 27 heavy (non-hydrogen) atoms. The predicted molar refractivity (Wildman–Crippen MR) is 99.5 cm³/mol. The number of anilines is 1. The van der Waals surface area contributed by atoms with Gasteiger partial charge >= 0.3 is 5.97 Å². The van der Waals surface area contributed by atoms with Gasteiger partial charge in [0.25, 0.3) is 5.91 Å². The van der Waals surface area contributed by atoms with Gasteiger partial charge in [0.2, 0.25) is 0 Å². The van der Waals surface area contributed by atoms with Crippen LogP contribution >= 0.6 is 0 Å². The Kier molecular flexibility index (Phi) is 4.48. The van der Waals surface area contributed by atoms with Crippen LogP contribution in [0, 0.1) is 5.41 Å². The van der Waals surface area contributed by atoms with Gasteiger partial charge in [-0.15, -0.1) is 0 Å². The zero-order chi connectivity index (χ0) is 18.9. The molecule has 1 spiro atoms. The highest BCUT2D eigenvalue weighted by Crippen LogP contribution is 2.49. The molecule has 140 valence electrons. The molecule has 1 fully saturated rings. The molecule has 1 aliphatic carbocycles. The molecule has 1 aliphatic heterocycles. The summed E-state index contributed by atoms with van der Waals surface area (Å²) in [6, 6.07) is 11.8. The highest BCUT2D eigenvalue weighted by Gasteiger charge is 2.46. The Morgan fingerprint density at radius 3 is 2.33 bits per heavy atom. The molecular formula is C21H21NO5. The number of hydrogen-bond acceptors (Lipinski definition) is 5. The van der Waals surface area contributed by atoms with Crippen molar-refractivity contribution < 1.29 is 23.8 Å². The number of rotatable bonds is 4. The molecule has 1 N–H and O–H groups in total. The Labute approximate surface area is 157 Å². The molecule has 0 atom stereocenters. The molecule has 2 aliphatic rings. The summed E-state index contributed by atoms with van der Waals surface area (Å²) in [4.78, 5) is 24.2. The zero-order valence-corrected chi connectivity index (χ0v) is 15.1. The van der Waals surface area contributed by atoms with E-state index in [1.54, 1.807) is 49.4 Å². The van der Waals surface area contributed by atoms with Crippen molar-refractivity contribution in [3.63, 3.8) is 0 Å². The minimum atomic E-state index is -0.383. The van der Waals surface area contributed by atoms with Crippen LogP contribution in [0.4, 0.5) is 5.69 Å². The van der Waals surface area contributed by atoms with Crippen LogP contribution in [0.1, 0.15) is 40.5 Å². The van der Waals surface area contributed by atoms with E-state index < -0.39 is 0 Å². The molecule has 1 heterocycles. The number of carbonyl (C=O) groups is 2. The normalized spacial score (nSPS) is 16.3. The lowest BCUT2D eigenvalue weighted by Crippen LogP contribution is -2.17. The highest BCUT2D eigenvalue weighted by atomic mass is 16.5. The molecule has 6 heteroatoms. The summed E-state index contributed by atoms with van der Waals surface area (Å²) < 4.78 is 16.7. The number of hydrogen-bond donors (Lipinski definition) is 1. The molecule has 0 saturated heterocycles. The summed E-state index contributed by atoms with van der Waals surface area (Å²) in [6.45, 7) is 3.37. The van der Waals surface area contributed by atoms with Gasteiger partial charge in [0.1, 0.15) is 0 Å². The van der Waals surface area contributed by atoms with E-state index >= 15 is 0 Å². The minimum Gasteiger partial charge on any atom is -0.489 e. The molecule has 1 saturated carbocycles. The van der Waals surface area contributed by atoms with Crippen molar-refractivity contribution in [1.29, 1.82) is 0 Å². The molecule has 6 nitrogen and oxygen atoms in total. The van der Waals surface area contributed by atoms with Gasteiger partial charge in [-0.3, -0.25) is 4.79 Å². The maximum Gasteiger partial charge on any atom is 0.338 e. The number of benzene rings is 2. The molecule has 0 bridgehead atoms. The molecule has 4 rings (SSSR count). The smallest absolute Gasteiger partial charge is 0.338 e. The Bertz CT molecular complexity index is 871. The molecule has 0 unspecified atom stereocenters. The van der Waals surface area contributed by atoms with Crippen molar-refractivity contribution in [3.05, 3.63) is 53.6 Å². The first-order valence-corrected chi connectivity index (χ1v) is 9.07. The third kappa shape index (κ3) is 3.74. The van der Waals surface area contributed by atoms with Crippen molar-refractivity contribution in [2.24, 2.45) is 5.41 Å². The van der Waals surface area contributed by atoms with E-state index in [1.807, 2.05) is 0 Å². The maximum atomic E-state index is 12.5. The Balaban J connectivity index is 1.44. The van der Waals surface area contributed by atoms with E-state index in [1.165, 1.54) is 0 Å². The molecule has 0 aromatic heterocycles. The summed E-state index contributed by atoms with van der Waals surface area (Å²) in [5.41, 5.74) is 1.68. The zero-order valence-electron chi connectivity index (χ0n) is 15.1. The number of amides is 1. The Morgan fingerprint density at radius 2 is 1.67 bits per heavy atom. The van der Waals surface area contributed by atoms with Gasteiger partial charge in [-0.05, 0) is 62.2 Å². The summed E-state index contributed by atoms with van der Waals surface area (Å²) in [6.07, 6.45) is 2.24. The molecule has 0 radical (unpaired) electrons. The van der Waals surface area contributed by atoms with Crippen LogP contribution in [-0.4, -0.2) is 31.7 Å². The number of nitrogens with one attached hydrogen (secondary N) is 1. The minimum absolute atomic E-state index is 0.155. The van der Waals surface area contributed by atoms with E-state index in [0.29, 0.717) is 48.1 Å². The second-order valence-electron chi connectivity index (χ2n) is 6.99. The summed E-state index contributed by atoms with van der Waals surface area (Å²) in [5.74, 6) is 0.639. The van der Waals surface area contributed by atoms with Crippen LogP contribution in [-0.2, 0) is 4.74 Å². The Hall–Kier alpha value is -3.02. The van der Waals surface area contributed by atoms with Crippen LogP contribution in [0.2, 0.25) is 0 Å². The van der Waals surface area contributed by atoms with Crippen LogP contribution < -0.4 is 14.8 Å². The lowest BCUT2D eigenvalue weighted by atomic mass is 10.1. The van der Waals surface area contributed by atoms with Gasteiger partial charge in [-0.2, -0.15) is 0 Å². The molecule has 2 aromatic rings. The van der Waals surface area contributed by atoms with E-state index in [9.17, 15) is 9.59 Å². The summed E-state index contributed by atoms with van der Waals surface area (Å²) >= 11 is 0. The highest BCUT2D eigenvalue weighted by molar-refractivity contribution is 6.04. The van der Waals surface area contributed by atoms with Gasteiger partial charge in [-0.1, -0.05) is 0 Å². The topological polar surface area (TPSA) is 73.9 Å². The van der Waals surface area contributed by atoms with Crippen LogP contribution in [0.3, 0.4) is 0 Å². The maximum absolute atomic E-state index is 12.5. The van der Waals surface area contributed by atoms with E-state index in [4.69, 9.17) is 14.2 Å². The SMILES string of the molecule is CCOC(=O)c1ccc(NC(=O)c2ccc3c(c2)OCC2(CC2)CO3)cc1. The second-order valence-corrected chi connectivity index (χ2v) is 6.99. The van der Waals surface area contributed by atoms with E-state index in [-0.39, 0.29) is 17.3 Å². The van der Waals surface area contributed by atoms with Crippen LogP contribution in [0.15, 0.2) is 42.5 Å². The van der Waals surface area contributed by atoms with E-state index in [0.717, 1.165) is 12.8 Å². The van der Waals surface area contributed by atoms with Gasteiger partial charge in [0.05, 0.1) is 25.4 Å². The fraction of sp³-hybridized carbons (Fsp3) is 0.333. The van der Waals surface area contributed by atoms with Crippen molar-refractivity contribution in [2.45, 2.75) is 19.8 Å². The van der Waals surface area contributed by atoms with Crippen molar-refractivity contribution >= 4 is 17.6 Å². The average Bonchev–Trinajstić information content (AvgIpc) is 3.48. The number of carbonyl (C=O) groups excluding carboxylic acids is 2. The lowest BCUT2D eigenvalue weighted by molar-refractivity contribution is 0.0526. The fourth-order valence-corrected chi connectivity index (χ4v) is 2.96. The monoisotopic (exact) mass is 367 g/mol. The largest absolute Gasteiger partial charge is 0.489 e. The number of ether oxygens (including phenoxy) is 3. The summed E-state index contributed by atoms with van der Waals surface area (Å²) in [5, 5.41) is 2.82. The van der Waals surface area contributed by atoms with Crippen LogP contribution in [0.5, 0.6) is 11.5 Å². The van der Waals surface area contributed by atoms with Crippen LogP contribution in [0.25, 0.3) is 0 Å². The Morgan fingerprint density at radius 1 is 1.00 bits per heavy atom. The van der Waals surface area contributed by atoms with Gasteiger partial charge < -0.3 is 19.5 Å². The molecular weight excluding hydrogens is 346 g/mol. The number of esters is 1. The molecule has 1 amide bonds. The van der Waals surface area contributed by atoms with Gasteiger partial charge in [-0.25, -0.2) is 4.79 Å².